The Morgan fingerprint density at radius 2 is 2.00 bits per heavy atom. The lowest BCUT2D eigenvalue weighted by Crippen LogP contribution is -2.44. The van der Waals surface area contributed by atoms with Gasteiger partial charge in [-0.2, -0.15) is 0 Å². The van der Waals surface area contributed by atoms with Crippen LogP contribution < -0.4 is 5.32 Å². The van der Waals surface area contributed by atoms with Gasteiger partial charge in [0.15, 0.2) is 0 Å². The highest BCUT2D eigenvalue weighted by atomic mass is 16.2. The summed E-state index contributed by atoms with van der Waals surface area (Å²) in [4.78, 5) is 25.7. The Morgan fingerprint density at radius 1 is 1.25 bits per heavy atom. The highest BCUT2D eigenvalue weighted by Gasteiger charge is 2.23. The largest absolute Gasteiger partial charge is 0.348 e. The average Bonchev–Trinajstić information content (AvgIpc) is 2.73. The zero-order chi connectivity index (χ0) is 14.4. The monoisotopic (exact) mass is 272 g/mol. The fourth-order valence-corrected chi connectivity index (χ4v) is 2.47. The molecule has 2 amide bonds. The van der Waals surface area contributed by atoms with Gasteiger partial charge in [0.25, 0.3) is 5.91 Å². The highest BCUT2D eigenvalue weighted by Crippen LogP contribution is 2.14. The van der Waals surface area contributed by atoms with E-state index in [4.69, 9.17) is 0 Å². The molecule has 1 heterocycles. The van der Waals surface area contributed by atoms with E-state index in [1.807, 2.05) is 35.2 Å². The maximum atomic E-state index is 12.4. The number of carbonyl (C=O) groups excluding carboxylic acids is 2. The van der Waals surface area contributed by atoms with Crippen LogP contribution in [0, 0.1) is 0 Å². The van der Waals surface area contributed by atoms with Crippen molar-refractivity contribution in [2.24, 2.45) is 0 Å². The van der Waals surface area contributed by atoms with Crippen molar-refractivity contribution in [3.8, 4) is 0 Å². The normalized spacial score (nSPS) is 19.0. The minimum absolute atomic E-state index is 0.00987. The predicted molar refractivity (Wildman–Crippen MR) is 78.3 cm³/mol. The van der Waals surface area contributed by atoms with Crippen molar-refractivity contribution in [2.45, 2.75) is 25.3 Å². The Balaban J connectivity index is 2.05. The second kappa shape index (κ2) is 6.89. The fraction of sp³-hybridized carbons (Fsp3) is 0.375. The van der Waals surface area contributed by atoms with Crippen molar-refractivity contribution in [2.75, 3.05) is 13.1 Å². The molecule has 106 valence electrons. The SMILES string of the molecule is C=CC(=O)NC1CCCCN(C(=O)c2ccccc2)C1. The van der Waals surface area contributed by atoms with Crippen molar-refractivity contribution in [3.05, 3.63) is 48.6 Å². The first-order valence-electron chi connectivity index (χ1n) is 6.98. The molecule has 1 N–H and O–H groups in total. The first-order chi connectivity index (χ1) is 9.70. The minimum atomic E-state index is -0.177. The van der Waals surface area contributed by atoms with Gasteiger partial charge in [-0.15, -0.1) is 0 Å². The molecule has 0 bridgehead atoms. The molecule has 0 aliphatic carbocycles. The number of rotatable bonds is 3. The first-order valence-corrected chi connectivity index (χ1v) is 6.98. The van der Waals surface area contributed by atoms with Crippen molar-refractivity contribution in [1.82, 2.24) is 10.2 Å². The lowest BCUT2D eigenvalue weighted by Gasteiger charge is -2.25. The number of hydrogen-bond acceptors (Lipinski definition) is 2. The molecular weight excluding hydrogens is 252 g/mol. The van der Waals surface area contributed by atoms with E-state index in [1.54, 1.807) is 0 Å². The van der Waals surface area contributed by atoms with E-state index in [1.165, 1.54) is 6.08 Å². The number of hydrogen-bond donors (Lipinski definition) is 1. The van der Waals surface area contributed by atoms with Crippen LogP contribution in [0.4, 0.5) is 0 Å². The van der Waals surface area contributed by atoms with E-state index in [0.29, 0.717) is 12.1 Å². The summed E-state index contributed by atoms with van der Waals surface area (Å²) >= 11 is 0. The molecule has 0 aromatic heterocycles. The van der Waals surface area contributed by atoms with Crippen LogP contribution >= 0.6 is 0 Å². The molecule has 2 rings (SSSR count). The molecule has 20 heavy (non-hydrogen) atoms. The number of nitrogens with one attached hydrogen (secondary N) is 1. The molecule has 4 heteroatoms. The molecule has 0 spiro atoms. The fourth-order valence-electron chi connectivity index (χ4n) is 2.47. The molecule has 1 saturated heterocycles. The van der Waals surface area contributed by atoms with E-state index < -0.39 is 0 Å². The van der Waals surface area contributed by atoms with Crippen molar-refractivity contribution in [3.63, 3.8) is 0 Å². The summed E-state index contributed by atoms with van der Waals surface area (Å²) in [6.45, 7) is 4.77. The molecule has 1 aromatic carbocycles. The Hall–Kier alpha value is -2.10. The number of benzene rings is 1. The van der Waals surface area contributed by atoms with Gasteiger partial charge in [-0.25, -0.2) is 0 Å². The third-order valence-corrected chi connectivity index (χ3v) is 3.51. The second-order valence-corrected chi connectivity index (χ2v) is 5.02. The molecule has 0 radical (unpaired) electrons. The number of amides is 2. The summed E-state index contributed by atoms with van der Waals surface area (Å²) in [5, 5.41) is 2.89. The molecule has 1 atom stereocenters. The van der Waals surface area contributed by atoms with E-state index in [-0.39, 0.29) is 17.9 Å². The summed E-state index contributed by atoms with van der Waals surface area (Å²) in [6.07, 6.45) is 4.16. The average molecular weight is 272 g/mol. The van der Waals surface area contributed by atoms with Crippen molar-refractivity contribution >= 4 is 11.8 Å². The Morgan fingerprint density at radius 3 is 2.70 bits per heavy atom. The molecule has 1 unspecified atom stereocenters. The van der Waals surface area contributed by atoms with Crippen LogP contribution in [-0.4, -0.2) is 35.8 Å². The van der Waals surface area contributed by atoms with Gasteiger partial charge < -0.3 is 10.2 Å². The van der Waals surface area contributed by atoms with Gasteiger partial charge in [-0.05, 0) is 37.5 Å². The van der Waals surface area contributed by atoms with Gasteiger partial charge in [-0.3, -0.25) is 9.59 Å². The summed E-state index contributed by atoms with van der Waals surface area (Å²) in [7, 11) is 0. The van der Waals surface area contributed by atoms with Gasteiger partial charge in [0.2, 0.25) is 5.91 Å². The van der Waals surface area contributed by atoms with E-state index in [2.05, 4.69) is 11.9 Å². The van der Waals surface area contributed by atoms with Gasteiger partial charge in [-0.1, -0.05) is 24.8 Å². The lowest BCUT2D eigenvalue weighted by molar-refractivity contribution is -0.117. The topological polar surface area (TPSA) is 49.4 Å². The van der Waals surface area contributed by atoms with Crippen molar-refractivity contribution < 1.29 is 9.59 Å². The minimum Gasteiger partial charge on any atom is -0.348 e. The quantitative estimate of drug-likeness (QED) is 0.855. The molecule has 0 saturated carbocycles. The summed E-state index contributed by atoms with van der Waals surface area (Å²) in [6, 6.07) is 9.28. The lowest BCUT2D eigenvalue weighted by atomic mass is 10.1. The van der Waals surface area contributed by atoms with E-state index in [9.17, 15) is 9.59 Å². The molecule has 1 fully saturated rings. The summed E-state index contributed by atoms with van der Waals surface area (Å²) in [5.74, 6) is -0.144. The molecule has 4 nitrogen and oxygen atoms in total. The molecular formula is C16H20N2O2. The van der Waals surface area contributed by atoms with Gasteiger partial charge in [0.1, 0.15) is 0 Å². The Labute approximate surface area is 119 Å². The number of nitrogens with zero attached hydrogens (tertiary/aromatic N) is 1. The van der Waals surface area contributed by atoms with Crippen LogP contribution in [0.3, 0.4) is 0 Å². The van der Waals surface area contributed by atoms with Crippen LogP contribution in [0.25, 0.3) is 0 Å². The van der Waals surface area contributed by atoms with Crippen molar-refractivity contribution in [1.29, 1.82) is 0 Å². The van der Waals surface area contributed by atoms with Crippen LogP contribution in [0.5, 0.6) is 0 Å². The van der Waals surface area contributed by atoms with E-state index in [0.717, 1.165) is 25.8 Å². The smallest absolute Gasteiger partial charge is 0.253 e. The molecule has 1 aliphatic rings. The van der Waals surface area contributed by atoms with Crippen LogP contribution in [0.2, 0.25) is 0 Å². The van der Waals surface area contributed by atoms with Crippen LogP contribution in [0.1, 0.15) is 29.6 Å². The van der Waals surface area contributed by atoms with Gasteiger partial charge in [0, 0.05) is 24.7 Å². The van der Waals surface area contributed by atoms with Gasteiger partial charge in [0.05, 0.1) is 0 Å². The third kappa shape index (κ3) is 3.70. The number of likely N-dealkylation sites (tertiary alicyclic amines) is 1. The van der Waals surface area contributed by atoms with Crippen LogP contribution in [-0.2, 0) is 4.79 Å². The maximum Gasteiger partial charge on any atom is 0.253 e. The summed E-state index contributed by atoms with van der Waals surface area (Å²) < 4.78 is 0. The first kappa shape index (κ1) is 14.3. The third-order valence-electron chi connectivity index (χ3n) is 3.51. The zero-order valence-electron chi connectivity index (χ0n) is 11.5. The maximum absolute atomic E-state index is 12.4. The Kier molecular flexibility index (Phi) is 4.93. The number of carbonyl (C=O) groups is 2. The molecule has 1 aromatic rings. The molecule has 1 aliphatic heterocycles. The van der Waals surface area contributed by atoms with E-state index >= 15 is 0 Å². The predicted octanol–water partition coefficient (Wildman–Crippen LogP) is 1.98. The Bertz CT molecular complexity index is 485. The zero-order valence-corrected chi connectivity index (χ0v) is 11.5. The highest BCUT2D eigenvalue weighted by molar-refractivity contribution is 5.94. The van der Waals surface area contributed by atoms with Gasteiger partial charge >= 0.3 is 0 Å². The standard InChI is InChI=1S/C16H20N2O2/c1-2-15(19)17-14-10-6-7-11-18(12-14)16(20)13-8-4-3-5-9-13/h2-5,8-9,14H,1,6-7,10-12H2,(H,17,19). The second-order valence-electron chi connectivity index (χ2n) is 5.02. The summed E-state index contributed by atoms with van der Waals surface area (Å²) in [5.41, 5.74) is 0.697. The van der Waals surface area contributed by atoms with Crippen LogP contribution in [0.15, 0.2) is 43.0 Å².